The largest absolute Gasteiger partial charge is 0.310 e. The molecule has 1 atom stereocenters. The van der Waals surface area contributed by atoms with Crippen molar-refractivity contribution < 1.29 is 0 Å². The Bertz CT molecular complexity index is 670. The molecule has 1 unspecified atom stereocenters. The smallest absolute Gasteiger partial charge is 0.0293 e. The number of benzene rings is 1. The zero-order valence-electron chi connectivity index (χ0n) is 15.9. The summed E-state index contributed by atoms with van der Waals surface area (Å²) < 4.78 is 0. The Balaban J connectivity index is 1.20. The van der Waals surface area contributed by atoms with Crippen LogP contribution in [0, 0.1) is 5.92 Å². The second-order valence-electron chi connectivity index (χ2n) is 8.17. The van der Waals surface area contributed by atoms with E-state index in [0.29, 0.717) is 6.04 Å². The Morgan fingerprint density at radius 1 is 1.04 bits per heavy atom. The fraction of sp³-hybridized carbons (Fsp3) is 0.522. The predicted octanol–water partition coefficient (Wildman–Crippen LogP) is 4.52. The second-order valence-corrected chi connectivity index (χ2v) is 8.17. The zero-order valence-corrected chi connectivity index (χ0v) is 15.9. The lowest BCUT2D eigenvalue weighted by Gasteiger charge is -2.36. The van der Waals surface area contributed by atoms with E-state index in [1.807, 2.05) is 12.4 Å². The molecule has 1 aromatic carbocycles. The fourth-order valence-corrected chi connectivity index (χ4v) is 4.38. The molecule has 0 radical (unpaired) electrons. The van der Waals surface area contributed by atoms with Crippen molar-refractivity contribution >= 4 is 0 Å². The van der Waals surface area contributed by atoms with Gasteiger partial charge in [-0.3, -0.25) is 9.88 Å². The summed E-state index contributed by atoms with van der Waals surface area (Å²) in [5.41, 5.74) is 4.33. The molecule has 3 heteroatoms. The van der Waals surface area contributed by atoms with Crippen molar-refractivity contribution in [1.82, 2.24) is 15.2 Å². The molecular weight excluding hydrogens is 318 g/mol. The van der Waals surface area contributed by atoms with Crippen LogP contribution in [0.2, 0.25) is 0 Å². The first kappa shape index (κ1) is 17.7. The average Bonchev–Trinajstić information content (AvgIpc) is 3.15. The molecule has 1 aliphatic carbocycles. The van der Waals surface area contributed by atoms with Gasteiger partial charge in [-0.25, -0.2) is 0 Å². The number of nitrogens with one attached hydrogen (secondary N) is 1. The van der Waals surface area contributed by atoms with Crippen LogP contribution in [-0.2, 0) is 6.54 Å². The van der Waals surface area contributed by atoms with E-state index < -0.39 is 0 Å². The lowest BCUT2D eigenvalue weighted by atomic mass is 9.71. The molecule has 0 amide bonds. The maximum absolute atomic E-state index is 4.10. The van der Waals surface area contributed by atoms with Crippen LogP contribution < -0.4 is 5.32 Å². The van der Waals surface area contributed by atoms with Crippen molar-refractivity contribution in [3.8, 4) is 0 Å². The number of hydrogen-bond donors (Lipinski definition) is 1. The third-order valence-electron chi connectivity index (χ3n) is 6.21. The van der Waals surface area contributed by atoms with Crippen LogP contribution in [0.4, 0.5) is 0 Å². The van der Waals surface area contributed by atoms with E-state index in [1.165, 1.54) is 55.5 Å². The first-order valence-corrected chi connectivity index (χ1v) is 10.2. The quantitative estimate of drug-likeness (QED) is 0.796. The Morgan fingerprint density at radius 3 is 2.42 bits per heavy atom. The molecule has 0 bridgehead atoms. The molecule has 1 saturated carbocycles. The van der Waals surface area contributed by atoms with Crippen LogP contribution in [0.25, 0.3) is 0 Å². The molecule has 0 spiro atoms. The minimum atomic E-state index is 0.405. The van der Waals surface area contributed by atoms with Crippen molar-refractivity contribution in [2.24, 2.45) is 5.92 Å². The normalized spacial score (nSPS) is 24.3. The summed E-state index contributed by atoms with van der Waals surface area (Å²) in [6.45, 7) is 7.04. The molecule has 26 heavy (non-hydrogen) atoms. The van der Waals surface area contributed by atoms with Gasteiger partial charge in [0.15, 0.2) is 0 Å². The van der Waals surface area contributed by atoms with Gasteiger partial charge in [0.05, 0.1) is 0 Å². The van der Waals surface area contributed by atoms with E-state index in [-0.39, 0.29) is 0 Å². The molecule has 4 rings (SSSR count). The highest BCUT2D eigenvalue weighted by atomic mass is 15.1. The minimum absolute atomic E-state index is 0.405. The van der Waals surface area contributed by atoms with Crippen molar-refractivity contribution in [3.63, 3.8) is 0 Å². The van der Waals surface area contributed by atoms with Gasteiger partial charge in [-0.15, -0.1) is 0 Å². The number of likely N-dealkylation sites (tertiary alicyclic amines) is 1. The molecule has 138 valence electrons. The number of pyridine rings is 1. The van der Waals surface area contributed by atoms with Crippen molar-refractivity contribution in [3.05, 3.63) is 65.5 Å². The van der Waals surface area contributed by atoms with Crippen molar-refractivity contribution in [2.75, 3.05) is 19.6 Å². The molecule has 2 aliphatic rings. The average molecular weight is 350 g/mol. The molecule has 1 aliphatic heterocycles. The van der Waals surface area contributed by atoms with Crippen molar-refractivity contribution in [1.29, 1.82) is 0 Å². The lowest BCUT2D eigenvalue weighted by Crippen LogP contribution is -2.33. The van der Waals surface area contributed by atoms with E-state index in [0.717, 1.165) is 24.9 Å². The maximum atomic E-state index is 4.10. The van der Waals surface area contributed by atoms with Crippen molar-refractivity contribution in [2.45, 2.75) is 51.1 Å². The molecule has 1 aromatic heterocycles. The standard InChI is InChI=1S/C23H31N3/c1-18(21-8-10-24-11-9-21)25-16-20-14-23(15-20)22-6-4-19(5-7-22)17-26-12-2-3-13-26/h4-11,18,20,23,25H,2-3,12-17H2,1H3. The SMILES string of the molecule is CC(NCC1CC(c2ccc(CN3CCCC3)cc2)C1)c1ccncc1. The highest BCUT2D eigenvalue weighted by Gasteiger charge is 2.30. The Hall–Kier alpha value is -1.71. The third kappa shape index (κ3) is 4.33. The van der Waals surface area contributed by atoms with Gasteiger partial charge in [0.2, 0.25) is 0 Å². The molecular formula is C23H31N3. The summed E-state index contributed by atoms with van der Waals surface area (Å²) in [7, 11) is 0. The Labute approximate surface area is 157 Å². The van der Waals surface area contributed by atoms with Crippen LogP contribution in [0.15, 0.2) is 48.8 Å². The summed E-state index contributed by atoms with van der Waals surface area (Å²) in [4.78, 5) is 6.67. The highest BCUT2D eigenvalue weighted by molar-refractivity contribution is 5.27. The first-order chi connectivity index (χ1) is 12.8. The van der Waals surface area contributed by atoms with Gasteiger partial charge in [-0.05, 0) is 92.9 Å². The monoisotopic (exact) mass is 349 g/mol. The van der Waals surface area contributed by atoms with Gasteiger partial charge in [0.1, 0.15) is 0 Å². The van der Waals surface area contributed by atoms with Gasteiger partial charge in [0, 0.05) is 25.0 Å². The minimum Gasteiger partial charge on any atom is -0.310 e. The molecule has 2 aromatic rings. The van der Waals surface area contributed by atoms with E-state index >= 15 is 0 Å². The van der Waals surface area contributed by atoms with Gasteiger partial charge < -0.3 is 5.32 Å². The van der Waals surface area contributed by atoms with Crippen LogP contribution in [0.1, 0.15) is 61.3 Å². The van der Waals surface area contributed by atoms with Crippen LogP contribution in [0.3, 0.4) is 0 Å². The van der Waals surface area contributed by atoms with Crippen LogP contribution in [0.5, 0.6) is 0 Å². The predicted molar refractivity (Wildman–Crippen MR) is 107 cm³/mol. The summed E-state index contributed by atoms with van der Waals surface area (Å²) >= 11 is 0. The Kier molecular flexibility index (Phi) is 5.66. The molecule has 2 heterocycles. The van der Waals surface area contributed by atoms with Gasteiger partial charge in [-0.1, -0.05) is 24.3 Å². The first-order valence-electron chi connectivity index (χ1n) is 10.2. The molecule has 1 N–H and O–H groups in total. The lowest BCUT2D eigenvalue weighted by molar-refractivity contribution is 0.248. The zero-order chi connectivity index (χ0) is 17.8. The summed E-state index contributed by atoms with van der Waals surface area (Å²) in [6.07, 6.45) is 9.13. The summed E-state index contributed by atoms with van der Waals surface area (Å²) in [6, 6.07) is 14.1. The third-order valence-corrected chi connectivity index (χ3v) is 6.21. The summed E-state index contributed by atoms with van der Waals surface area (Å²) in [5, 5.41) is 3.69. The van der Waals surface area contributed by atoms with Gasteiger partial charge in [0.25, 0.3) is 0 Å². The molecule has 1 saturated heterocycles. The van der Waals surface area contributed by atoms with Crippen LogP contribution >= 0.6 is 0 Å². The number of hydrogen-bond acceptors (Lipinski definition) is 3. The highest BCUT2D eigenvalue weighted by Crippen LogP contribution is 2.41. The van der Waals surface area contributed by atoms with E-state index in [2.05, 4.69) is 58.5 Å². The second kappa shape index (κ2) is 8.32. The molecule has 3 nitrogen and oxygen atoms in total. The topological polar surface area (TPSA) is 28.2 Å². The van der Waals surface area contributed by atoms with Gasteiger partial charge >= 0.3 is 0 Å². The molecule has 2 fully saturated rings. The summed E-state index contributed by atoms with van der Waals surface area (Å²) in [5.74, 6) is 1.58. The number of aromatic nitrogens is 1. The maximum Gasteiger partial charge on any atom is 0.0293 e. The number of nitrogens with zero attached hydrogens (tertiary/aromatic N) is 2. The Morgan fingerprint density at radius 2 is 1.73 bits per heavy atom. The fourth-order valence-electron chi connectivity index (χ4n) is 4.38. The van der Waals surface area contributed by atoms with E-state index in [1.54, 1.807) is 0 Å². The van der Waals surface area contributed by atoms with E-state index in [4.69, 9.17) is 0 Å². The van der Waals surface area contributed by atoms with Gasteiger partial charge in [-0.2, -0.15) is 0 Å². The van der Waals surface area contributed by atoms with E-state index in [9.17, 15) is 0 Å². The van der Waals surface area contributed by atoms with Crippen LogP contribution in [-0.4, -0.2) is 29.5 Å². The number of rotatable bonds is 7.